The third-order valence-corrected chi connectivity index (χ3v) is 6.43. The Morgan fingerprint density at radius 2 is 1.76 bits per heavy atom. The topological polar surface area (TPSA) is 99.3 Å². The van der Waals surface area contributed by atoms with Crippen LogP contribution in [0.2, 0.25) is 0 Å². The first-order valence-corrected chi connectivity index (χ1v) is 10.7. The molecule has 1 aromatic heterocycles. The van der Waals surface area contributed by atoms with Crippen molar-refractivity contribution in [1.29, 1.82) is 0 Å². The number of carbonyl (C=O) groups is 1. The van der Waals surface area contributed by atoms with Crippen LogP contribution in [0.4, 0.5) is 5.69 Å². The van der Waals surface area contributed by atoms with Crippen LogP contribution in [0, 0.1) is 0 Å². The average Bonchev–Trinajstić information content (AvgIpc) is 2.67. The van der Waals surface area contributed by atoms with E-state index < -0.39 is 10.0 Å². The average molecular weight is 413 g/mol. The molecule has 152 valence electrons. The largest absolute Gasteiger partial charge is 0.322 e. The standard InChI is InChI=1S/C21H23N3O4S/c1-4-5-15-12-20(25)23-19-13-16(8-11-18(15)19)22-21(26)14-6-9-17(10-7-14)29(27,28)24(2)3/h6-13H,4-5H2,1-3H3,(H,22,26)(H,23,25). The highest BCUT2D eigenvalue weighted by molar-refractivity contribution is 7.89. The summed E-state index contributed by atoms with van der Waals surface area (Å²) < 4.78 is 25.4. The van der Waals surface area contributed by atoms with Crippen molar-refractivity contribution >= 4 is 32.5 Å². The number of aromatic nitrogens is 1. The van der Waals surface area contributed by atoms with E-state index in [1.807, 2.05) is 6.07 Å². The molecule has 3 rings (SSSR count). The normalized spacial score (nSPS) is 11.7. The van der Waals surface area contributed by atoms with Gasteiger partial charge in [0.05, 0.1) is 10.4 Å². The summed E-state index contributed by atoms with van der Waals surface area (Å²) in [5.41, 5.74) is 2.32. The highest BCUT2D eigenvalue weighted by atomic mass is 32.2. The minimum atomic E-state index is -3.55. The van der Waals surface area contributed by atoms with E-state index in [0.29, 0.717) is 16.8 Å². The van der Waals surface area contributed by atoms with E-state index in [9.17, 15) is 18.0 Å². The predicted molar refractivity (Wildman–Crippen MR) is 114 cm³/mol. The number of benzene rings is 2. The number of aryl methyl sites for hydroxylation is 1. The van der Waals surface area contributed by atoms with Crippen molar-refractivity contribution in [3.05, 3.63) is 70.0 Å². The van der Waals surface area contributed by atoms with Crippen molar-refractivity contribution in [3.63, 3.8) is 0 Å². The number of hydrogen-bond donors (Lipinski definition) is 2. The van der Waals surface area contributed by atoms with E-state index in [2.05, 4.69) is 17.2 Å². The maximum Gasteiger partial charge on any atom is 0.255 e. The van der Waals surface area contributed by atoms with Crippen molar-refractivity contribution in [2.24, 2.45) is 0 Å². The molecule has 0 radical (unpaired) electrons. The smallest absolute Gasteiger partial charge is 0.255 e. The van der Waals surface area contributed by atoms with Crippen molar-refractivity contribution in [1.82, 2.24) is 9.29 Å². The molecule has 0 unspecified atom stereocenters. The number of anilines is 1. The summed E-state index contributed by atoms with van der Waals surface area (Å²) in [4.78, 5) is 27.4. The number of amides is 1. The monoisotopic (exact) mass is 413 g/mol. The van der Waals surface area contributed by atoms with Crippen LogP contribution in [-0.4, -0.2) is 37.7 Å². The second kappa shape index (κ2) is 8.18. The van der Waals surface area contributed by atoms with Crippen LogP contribution in [0.15, 0.2) is 58.2 Å². The van der Waals surface area contributed by atoms with Crippen molar-refractivity contribution in [2.45, 2.75) is 24.7 Å². The Kier molecular flexibility index (Phi) is 5.86. The number of sulfonamides is 1. The highest BCUT2D eigenvalue weighted by Gasteiger charge is 2.17. The lowest BCUT2D eigenvalue weighted by Crippen LogP contribution is -2.22. The summed E-state index contributed by atoms with van der Waals surface area (Å²) in [5, 5.41) is 3.73. The van der Waals surface area contributed by atoms with E-state index in [4.69, 9.17) is 0 Å². The number of fused-ring (bicyclic) bond motifs is 1. The fourth-order valence-electron chi connectivity index (χ4n) is 3.08. The van der Waals surface area contributed by atoms with Gasteiger partial charge in [-0.05, 0) is 48.4 Å². The summed E-state index contributed by atoms with van der Waals surface area (Å²) in [6.45, 7) is 2.05. The lowest BCUT2D eigenvalue weighted by molar-refractivity contribution is 0.102. The lowest BCUT2D eigenvalue weighted by Gasteiger charge is -2.12. The van der Waals surface area contributed by atoms with E-state index in [1.165, 1.54) is 38.4 Å². The van der Waals surface area contributed by atoms with Gasteiger partial charge in [0, 0.05) is 36.8 Å². The van der Waals surface area contributed by atoms with Gasteiger partial charge in [0.15, 0.2) is 0 Å². The molecule has 8 heteroatoms. The third-order valence-electron chi connectivity index (χ3n) is 4.60. The molecule has 0 aliphatic carbocycles. The highest BCUT2D eigenvalue weighted by Crippen LogP contribution is 2.21. The molecule has 2 N–H and O–H groups in total. The SMILES string of the molecule is CCCc1cc(=O)[nH]c2cc(NC(=O)c3ccc(S(=O)(=O)N(C)C)cc3)ccc12. The van der Waals surface area contributed by atoms with Gasteiger partial charge in [-0.3, -0.25) is 9.59 Å². The summed E-state index contributed by atoms with van der Waals surface area (Å²) >= 11 is 0. The third kappa shape index (κ3) is 4.38. The van der Waals surface area contributed by atoms with Crippen LogP contribution in [-0.2, 0) is 16.4 Å². The molecule has 0 aliphatic rings. The molecule has 0 aliphatic heterocycles. The Labute approximate surface area is 169 Å². The van der Waals surface area contributed by atoms with Gasteiger partial charge >= 0.3 is 0 Å². The number of H-pyrrole nitrogens is 1. The van der Waals surface area contributed by atoms with Crippen LogP contribution in [0.1, 0.15) is 29.3 Å². The maximum absolute atomic E-state index is 12.5. The van der Waals surface area contributed by atoms with Gasteiger partial charge in [0.2, 0.25) is 15.6 Å². The number of carbonyl (C=O) groups excluding carboxylic acids is 1. The fourth-order valence-corrected chi connectivity index (χ4v) is 3.98. The van der Waals surface area contributed by atoms with Crippen LogP contribution >= 0.6 is 0 Å². The molecule has 0 fully saturated rings. The van der Waals surface area contributed by atoms with Crippen LogP contribution in [0.5, 0.6) is 0 Å². The van der Waals surface area contributed by atoms with Gasteiger partial charge in [-0.1, -0.05) is 19.4 Å². The molecule has 0 spiro atoms. The summed E-state index contributed by atoms with van der Waals surface area (Å²) in [5.74, 6) is -0.370. The zero-order valence-electron chi connectivity index (χ0n) is 16.5. The molecule has 1 heterocycles. The molecule has 0 bridgehead atoms. The van der Waals surface area contributed by atoms with E-state index in [-0.39, 0.29) is 16.4 Å². The molecular formula is C21H23N3O4S. The Hall–Kier alpha value is -2.97. The van der Waals surface area contributed by atoms with Gasteiger partial charge in [-0.15, -0.1) is 0 Å². The van der Waals surface area contributed by atoms with Crippen molar-refractivity contribution < 1.29 is 13.2 Å². The maximum atomic E-state index is 12.5. The zero-order valence-corrected chi connectivity index (χ0v) is 17.3. The van der Waals surface area contributed by atoms with E-state index in [0.717, 1.165) is 28.1 Å². The Morgan fingerprint density at radius 1 is 1.07 bits per heavy atom. The van der Waals surface area contributed by atoms with Crippen LogP contribution in [0.3, 0.4) is 0 Å². The fraction of sp³-hybridized carbons (Fsp3) is 0.238. The zero-order chi connectivity index (χ0) is 21.2. The molecule has 7 nitrogen and oxygen atoms in total. The number of aromatic amines is 1. The molecule has 29 heavy (non-hydrogen) atoms. The van der Waals surface area contributed by atoms with Gasteiger partial charge in [0.25, 0.3) is 5.91 Å². The molecular weight excluding hydrogens is 390 g/mol. The number of nitrogens with one attached hydrogen (secondary N) is 2. The lowest BCUT2D eigenvalue weighted by atomic mass is 10.0. The molecule has 0 atom stereocenters. The van der Waals surface area contributed by atoms with Gasteiger partial charge in [0.1, 0.15) is 0 Å². The Bertz CT molecular complexity index is 1210. The first-order valence-electron chi connectivity index (χ1n) is 9.22. The summed E-state index contributed by atoms with van der Waals surface area (Å²) in [7, 11) is -0.647. The van der Waals surface area contributed by atoms with E-state index in [1.54, 1.807) is 18.2 Å². The molecule has 3 aromatic rings. The van der Waals surface area contributed by atoms with Gasteiger partial charge < -0.3 is 10.3 Å². The number of pyridine rings is 1. The predicted octanol–water partition coefficient (Wildman–Crippen LogP) is 2.98. The van der Waals surface area contributed by atoms with E-state index >= 15 is 0 Å². The summed E-state index contributed by atoms with van der Waals surface area (Å²) in [6, 6.07) is 12.7. The minimum absolute atomic E-state index is 0.116. The molecule has 0 saturated carbocycles. The minimum Gasteiger partial charge on any atom is -0.322 e. The second-order valence-electron chi connectivity index (χ2n) is 6.94. The van der Waals surface area contributed by atoms with Crippen molar-refractivity contribution in [2.75, 3.05) is 19.4 Å². The summed E-state index contributed by atoms with van der Waals surface area (Å²) in [6.07, 6.45) is 1.73. The molecule has 0 saturated heterocycles. The number of nitrogens with zero attached hydrogens (tertiary/aromatic N) is 1. The Balaban J connectivity index is 1.85. The first-order chi connectivity index (χ1) is 13.7. The van der Waals surface area contributed by atoms with Gasteiger partial charge in [-0.25, -0.2) is 12.7 Å². The van der Waals surface area contributed by atoms with Crippen LogP contribution < -0.4 is 10.9 Å². The van der Waals surface area contributed by atoms with Gasteiger partial charge in [-0.2, -0.15) is 0 Å². The number of rotatable bonds is 6. The number of hydrogen-bond acceptors (Lipinski definition) is 4. The molecule has 1 amide bonds. The molecule has 2 aromatic carbocycles. The quantitative estimate of drug-likeness (QED) is 0.649. The van der Waals surface area contributed by atoms with Crippen LogP contribution in [0.25, 0.3) is 10.9 Å². The second-order valence-corrected chi connectivity index (χ2v) is 9.09. The Morgan fingerprint density at radius 3 is 2.38 bits per heavy atom. The van der Waals surface area contributed by atoms with Crippen molar-refractivity contribution in [3.8, 4) is 0 Å². The first kappa shape index (κ1) is 20.8.